The highest BCUT2D eigenvalue weighted by molar-refractivity contribution is 7.81. The molecule has 1 aliphatic heterocycles. The Morgan fingerprint density at radius 1 is 0.902 bits per heavy atom. The van der Waals surface area contributed by atoms with E-state index in [1.54, 1.807) is 25.7 Å². The van der Waals surface area contributed by atoms with Crippen LogP contribution >= 0.6 is 0 Å². The zero-order valence-electron chi connectivity index (χ0n) is 23.0. The molecule has 1 aliphatic carbocycles. The van der Waals surface area contributed by atoms with Crippen molar-refractivity contribution in [1.82, 2.24) is 4.90 Å². The van der Waals surface area contributed by atoms with Crippen LogP contribution in [0.1, 0.15) is 48.2 Å². The van der Waals surface area contributed by atoms with Crippen molar-refractivity contribution in [2.24, 2.45) is 0 Å². The number of rotatable bonds is 6. The summed E-state index contributed by atoms with van der Waals surface area (Å²) in [4.78, 5) is 29.1. The molecule has 0 atom stereocenters. The maximum atomic E-state index is 13.3. The Bertz CT molecular complexity index is 1530. The third-order valence-electron chi connectivity index (χ3n) is 6.96. The first kappa shape index (κ1) is 28.4. The van der Waals surface area contributed by atoms with Crippen molar-refractivity contribution in [2.45, 2.75) is 32.3 Å². The predicted octanol–water partition coefficient (Wildman–Crippen LogP) is 5.31. The van der Waals surface area contributed by atoms with Crippen molar-refractivity contribution >= 4 is 28.3 Å². The van der Waals surface area contributed by atoms with Crippen molar-refractivity contribution in [3.8, 4) is 16.9 Å². The Morgan fingerprint density at radius 2 is 1.49 bits per heavy atom. The molecule has 216 valence electrons. The van der Waals surface area contributed by atoms with E-state index in [1.807, 2.05) is 29.2 Å². The molecule has 0 bridgehead atoms. The summed E-state index contributed by atoms with van der Waals surface area (Å²) in [7, 11) is -5.31. The van der Waals surface area contributed by atoms with Gasteiger partial charge >= 0.3 is 22.6 Å². The van der Waals surface area contributed by atoms with Crippen LogP contribution < -0.4 is 9.08 Å². The summed E-state index contributed by atoms with van der Waals surface area (Å²) < 4.78 is 51.2. The highest BCUT2D eigenvalue weighted by Crippen LogP contribution is 2.44. The number of esters is 1. The predicted molar refractivity (Wildman–Crippen MR) is 151 cm³/mol. The standard InChI is InChI=1S/C30H31FN2O7S/c1-30(2,3)39-28(34)20-16-21(18-22(17-20)40-41(31,36)37)32-12-14-33(15-13-32)29(35)38-19-27-25-10-6-4-8-23(25)24-9-5-7-11-26(24)27/h4-11,16-18,27H,12-15,19H2,1-3H3. The molecule has 0 aromatic heterocycles. The lowest BCUT2D eigenvalue weighted by Crippen LogP contribution is -2.49. The van der Waals surface area contributed by atoms with Crippen molar-refractivity contribution in [2.75, 3.05) is 37.7 Å². The van der Waals surface area contributed by atoms with E-state index >= 15 is 0 Å². The first-order valence-electron chi connectivity index (χ1n) is 13.3. The smallest absolute Gasteiger partial charge is 0.456 e. The van der Waals surface area contributed by atoms with Crippen LogP contribution in [0, 0.1) is 0 Å². The molecule has 1 amide bonds. The summed E-state index contributed by atoms with van der Waals surface area (Å²) in [6.07, 6.45) is -0.429. The topological polar surface area (TPSA) is 102 Å². The molecule has 1 saturated heterocycles. The number of amides is 1. The SMILES string of the molecule is CC(C)(C)OC(=O)c1cc(OS(=O)(=O)F)cc(N2CCN(C(=O)OCC3c4ccccc4-c4ccccc43)CC2)c1. The first-order chi connectivity index (χ1) is 19.4. The number of hydrogen-bond donors (Lipinski definition) is 0. The van der Waals surface area contributed by atoms with Gasteiger partial charge in [-0.1, -0.05) is 52.4 Å². The van der Waals surface area contributed by atoms with E-state index in [2.05, 4.69) is 28.4 Å². The molecule has 3 aromatic rings. The third-order valence-corrected chi connectivity index (χ3v) is 7.35. The van der Waals surface area contributed by atoms with Gasteiger partial charge in [-0.3, -0.25) is 0 Å². The van der Waals surface area contributed by atoms with E-state index in [9.17, 15) is 21.9 Å². The molecule has 0 saturated carbocycles. The number of ether oxygens (including phenoxy) is 2. The van der Waals surface area contributed by atoms with Gasteiger partial charge in [0.15, 0.2) is 0 Å². The number of fused-ring (bicyclic) bond motifs is 3. The van der Waals surface area contributed by atoms with Crippen molar-refractivity contribution in [3.05, 3.63) is 83.4 Å². The van der Waals surface area contributed by atoms with Gasteiger partial charge in [0.05, 0.1) is 5.56 Å². The van der Waals surface area contributed by atoms with Gasteiger partial charge in [-0.2, -0.15) is 8.42 Å². The number of anilines is 1. The molecular weight excluding hydrogens is 551 g/mol. The lowest BCUT2D eigenvalue weighted by molar-refractivity contribution is 0.00690. The fraction of sp³-hybridized carbons (Fsp3) is 0.333. The molecule has 1 heterocycles. The zero-order valence-corrected chi connectivity index (χ0v) is 23.8. The Kier molecular flexibility index (Phi) is 7.65. The molecule has 2 aliphatic rings. The molecule has 0 radical (unpaired) electrons. The van der Waals surface area contributed by atoms with E-state index in [0.717, 1.165) is 28.3 Å². The Hall–Kier alpha value is -4.12. The highest BCUT2D eigenvalue weighted by Gasteiger charge is 2.31. The van der Waals surface area contributed by atoms with Crippen LogP contribution in [0.5, 0.6) is 5.75 Å². The number of carbonyl (C=O) groups is 2. The molecular formula is C30H31FN2O7S. The summed E-state index contributed by atoms with van der Waals surface area (Å²) in [5, 5.41) is 0. The van der Waals surface area contributed by atoms with Crippen LogP contribution in [-0.2, 0) is 20.0 Å². The van der Waals surface area contributed by atoms with Gasteiger partial charge in [-0.05, 0) is 55.2 Å². The first-order valence-corrected chi connectivity index (χ1v) is 14.6. The van der Waals surface area contributed by atoms with Gasteiger partial charge in [-0.25, -0.2) is 9.59 Å². The zero-order chi connectivity index (χ0) is 29.4. The normalized spacial score (nSPS) is 15.2. The highest BCUT2D eigenvalue weighted by atomic mass is 32.3. The van der Waals surface area contributed by atoms with E-state index in [-0.39, 0.29) is 23.8 Å². The minimum absolute atomic E-state index is 0.00930. The van der Waals surface area contributed by atoms with Gasteiger partial charge in [0.2, 0.25) is 0 Å². The fourth-order valence-corrected chi connectivity index (χ4v) is 5.54. The molecule has 1 fully saturated rings. The average molecular weight is 583 g/mol. The monoisotopic (exact) mass is 582 g/mol. The van der Waals surface area contributed by atoms with E-state index in [1.165, 1.54) is 12.1 Å². The summed E-state index contributed by atoms with van der Waals surface area (Å²) in [5.41, 5.74) is 4.20. The van der Waals surface area contributed by atoms with Crippen molar-refractivity contribution in [1.29, 1.82) is 0 Å². The Labute approximate surface area is 238 Å². The molecule has 0 N–H and O–H groups in total. The van der Waals surface area contributed by atoms with E-state index < -0.39 is 28.2 Å². The van der Waals surface area contributed by atoms with Crippen molar-refractivity contribution < 1.29 is 35.5 Å². The second-order valence-electron chi connectivity index (χ2n) is 11.0. The van der Waals surface area contributed by atoms with E-state index in [0.29, 0.717) is 31.9 Å². The van der Waals surface area contributed by atoms with Crippen LogP contribution in [0.25, 0.3) is 11.1 Å². The van der Waals surface area contributed by atoms with E-state index in [4.69, 9.17) is 9.47 Å². The number of hydrogen-bond acceptors (Lipinski definition) is 8. The van der Waals surface area contributed by atoms with Gasteiger partial charge in [0.25, 0.3) is 0 Å². The summed E-state index contributed by atoms with van der Waals surface area (Å²) in [6.45, 7) is 6.68. The van der Waals surface area contributed by atoms with Crippen LogP contribution in [0.2, 0.25) is 0 Å². The summed E-state index contributed by atoms with van der Waals surface area (Å²) >= 11 is 0. The minimum Gasteiger partial charge on any atom is -0.456 e. The average Bonchev–Trinajstić information content (AvgIpc) is 3.23. The maximum absolute atomic E-state index is 13.3. The fourth-order valence-electron chi connectivity index (χ4n) is 5.22. The van der Waals surface area contributed by atoms with Gasteiger partial charge in [0.1, 0.15) is 18.0 Å². The van der Waals surface area contributed by atoms with Crippen LogP contribution in [0.15, 0.2) is 66.7 Å². The lowest BCUT2D eigenvalue weighted by atomic mass is 9.98. The van der Waals surface area contributed by atoms with Crippen LogP contribution in [0.4, 0.5) is 14.4 Å². The largest absolute Gasteiger partial charge is 0.488 e. The lowest BCUT2D eigenvalue weighted by Gasteiger charge is -2.36. The number of piperazine rings is 1. The Morgan fingerprint density at radius 3 is 2.05 bits per heavy atom. The molecule has 41 heavy (non-hydrogen) atoms. The second kappa shape index (κ2) is 11.0. The molecule has 3 aromatic carbocycles. The summed E-state index contributed by atoms with van der Waals surface area (Å²) in [5.74, 6) is -1.11. The number of halogens is 1. The van der Waals surface area contributed by atoms with Crippen LogP contribution in [-0.4, -0.2) is 63.8 Å². The van der Waals surface area contributed by atoms with Gasteiger partial charge in [-0.15, -0.1) is 0 Å². The van der Waals surface area contributed by atoms with Crippen molar-refractivity contribution in [3.63, 3.8) is 0 Å². The number of nitrogens with zero attached hydrogens (tertiary/aromatic N) is 2. The molecule has 5 rings (SSSR count). The van der Waals surface area contributed by atoms with Gasteiger partial charge in [0, 0.05) is 43.9 Å². The number of carbonyl (C=O) groups excluding carboxylic acids is 2. The third kappa shape index (κ3) is 6.62. The number of benzene rings is 3. The molecule has 0 spiro atoms. The quantitative estimate of drug-likeness (QED) is 0.285. The summed E-state index contributed by atoms with van der Waals surface area (Å²) in [6, 6.07) is 20.2. The molecule has 0 unspecified atom stereocenters. The maximum Gasteiger partial charge on any atom is 0.488 e. The Balaban J connectivity index is 1.25. The van der Waals surface area contributed by atoms with Crippen LogP contribution in [0.3, 0.4) is 0 Å². The minimum atomic E-state index is -5.31. The van der Waals surface area contributed by atoms with Gasteiger partial charge < -0.3 is 23.5 Å². The second-order valence-corrected chi connectivity index (χ2v) is 11.9. The molecule has 9 nitrogen and oxygen atoms in total. The molecule has 11 heteroatoms.